The molecule has 0 saturated carbocycles. The van der Waals surface area contributed by atoms with Crippen molar-refractivity contribution in [2.24, 2.45) is 0 Å². The number of thioether (sulfide) groups is 1. The molecule has 0 aliphatic carbocycles. The Kier molecular flexibility index (Phi) is 5.85. The van der Waals surface area contributed by atoms with E-state index in [0.29, 0.717) is 10.8 Å². The lowest BCUT2D eigenvalue weighted by molar-refractivity contribution is -0.119. The lowest BCUT2D eigenvalue weighted by atomic mass is 10.2. The number of carbonyl (C=O) groups excluding carboxylic acids is 1. The van der Waals surface area contributed by atoms with Crippen LogP contribution in [0.15, 0.2) is 29.4 Å². The Morgan fingerprint density at radius 2 is 2.18 bits per heavy atom. The molecule has 118 valence electrons. The van der Waals surface area contributed by atoms with E-state index in [1.54, 1.807) is 0 Å². The van der Waals surface area contributed by atoms with Crippen molar-refractivity contribution in [3.63, 3.8) is 0 Å². The first kappa shape index (κ1) is 16.8. The number of hydrogen-bond acceptors (Lipinski definition) is 4. The van der Waals surface area contributed by atoms with Crippen LogP contribution in [0.2, 0.25) is 5.02 Å². The molecule has 1 aromatic heterocycles. The predicted octanol–water partition coefficient (Wildman–Crippen LogP) is 3.24. The third-order valence-corrected chi connectivity index (χ3v) is 4.10. The third kappa shape index (κ3) is 4.24. The van der Waals surface area contributed by atoms with E-state index < -0.39 is 0 Å². The van der Waals surface area contributed by atoms with Crippen molar-refractivity contribution < 1.29 is 4.79 Å². The maximum atomic E-state index is 11.7. The number of nitrogens with one attached hydrogen (secondary N) is 1. The Hall–Kier alpha value is -1.53. The Morgan fingerprint density at radius 3 is 2.82 bits per heavy atom. The molecule has 2 rings (SSSR count). The number of aromatic nitrogens is 3. The van der Waals surface area contributed by atoms with Gasteiger partial charge in [0.25, 0.3) is 0 Å². The maximum absolute atomic E-state index is 11.7. The summed E-state index contributed by atoms with van der Waals surface area (Å²) in [6, 6.07) is 7.65. The smallest absolute Gasteiger partial charge is 0.230 e. The van der Waals surface area contributed by atoms with Crippen molar-refractivity contribution in [1.29, 1.82) is 0 Å². The summed E-state index contributed by atoms with van der Waals surface area (Å²) in [7, 11) is 0. The van der Waals surface area contributed by atoms with E-state index in [0.717, 1.165) is 23.1 Å². The minimum atomic E-state index is -0.00467. The van der Waals surface area contributed by atoms with E-state index in [1.165, 1.54) is 11.8 Å². The number of rotatable bonds is 6. The van der Waals surface area contributed by atoms with E-state index in [1.807, 2.05) is 49.6 Å². The summed E-state index contributed by atoms with van der Waals surface area (Å²) in [5.74, 6) is 1.08. The number of hydrogen-bond donors (Lipinski definition) is 1. The number of nitrogens with zero attached hydrogens (tertiary/aromatic N) is 3. The molecule has 0 radical (unpaired) electrons. The molecule has 0 unspecified atom stereocenters. The van der Waals surface area contributed by atoms with Crippen molar-refractivity contribution in [1.82, 2.24) is 20.1 Å². The second-order valence-corrected chi connectivity index (χ2v) is 6.45. The van der Waals surface area contributed by atoms with Gasteiger partial charge in [0.2, 0.25) is 5.91 Å². The fourth-order valence-corrected chi connectivity index (χ4v) is 3.02. The number of carbonyl (C=O) groups is 1. The van der Waals surface area contributed by atoms with Gasteiger partial charge in [0.1, 0.15) is 0 Å². The highest BCUT2D eigenvalue weighted by Crippen LogP contribution is 2.25. The summed E-state index contributed by atoms with van der Waals surface area (Å²) in [6.45, 7) is 6.63. The van der Waals surface area contributed by atoms with Gasteiger partial charge >= 0.3 is 0 Å². The summed E-state index contributed by atoms with van der Waals surface area (Å²) < 4.78 is 1.99. The van der Waals surface area contributed by atoms with E-state index in [-0.39, 0.29) is 11.9 Å². The van der Waals surface area contributed by atoms with Gasteiger partial charge in [-0.25, -0.2) is 0 Å². The molecular weight excluding hydrogens is 320 g/mol. The molecule has 0 saturated heterocycles. The zero-order valence-electron chi connectivity index (χ0n) is 12.8. The fraction of sp³-hybridized carbons (Fsp3) is 0.400. The summed E-state index contributed by atoms with van der Waals surface area (Å²) in [6.07, 6.45) is 0. The molecule has 5 nitrogen and oxygen atoms in total. The van der Waals surface area contributed by atoms with E-state index in [9.17, 15) is 4.79 Å². The molecule has 0 bridgehead atoms. The molecule has 0 aliphatic heterocycles. The van der Waals surface area contributed by atoms with Gasteiger partial charge in [-0.3, -0.25) is 4.79 Å². The van der Waals surface area contributed by atoms with Crippen LogP contribution in [-0.4, -0.2) is 32.5 Å². The van der Waals surface area contributed by atoms with Gasteiger partial charge in [0, 0.05) is 23.2 Å². The molecule has 0 atom stereocenters. The zero-order valence-corrected chi connectivity index (χ0v) is 14.4. The first-order chi connectivity index (χ1) is 10.5. The first-order valence-electron chi connectivity index (χ1n) is 7.12. The molecular formula is C15H19ClN4OS. The minimum absolute atomic E-state index is 0.00467. The Bertz CT molecular complexity index is 657. The standard InChI is InChI=1S/C15H19ClN4OS/c1-4-20-14(11-6-5-7-12(16)8-11)18-19-15(20)22-9-13(21)17-10(2)3/h5-8,10H,4,9H2,1-3H3,(H,17,21). The average molecular weight is 339 g/mol. The van der Waals surface area contributed by atoms with Crippen LogP contribution in [0.5, 0.6) is 0 Å². The predicted molar refractivity (Wildman–Crippen MR) is 90.1 cm³/mol. The Labute approximate surface area is 139 Å². The largest absolute Gasteiger partial charge is 0.353 e. The molecule has 1 heterocycles. The van der Waals surface area contributed by atoms with Gasteiger partial charge in [0.05, 0.1) is 5.75 Å². The second-order valence-electron chi connectivity index (χ2n) is 5.07. The Balaban J connectivity index is 2.16. The summed E-state index contributed by atoms with van der Waals surface area (Å²) in [5, 5.41) is 12.7. The quantitative estimate of drug-likeness (QED) is 0.821. The highest BCUT2D eigenvalue weighted by molar-refractivity contribution is 7.99. The summed E-state index contributed by atoms with van der Waals surface area (Å²) in [5.41, 5.74) is 0.917. The average Bonchev–Trinajstić information content (AvgIpc) is 2.87. The lowest BCUT2D eigenvalue weighted by Crippen LogP contribution is -2.31. The molecule has 1 amide bonds. The molecule has 7 heteroatoms. The minimum Gasteiger partial charge on any atom is -0.353 e. The fourth-order valence-electron chi connectivity index (χ4n) is 2.02. The Morgan fingerprint density at radius 1 is 1.41 bits per heavy atom. The van der Waals surface area contributed by atoms with Crippen LogP contribution in [-0.2, 0) is 11.3 Å². The van der Waals surface area contributed by atoms with Crippen molar-refractivity contribution >= 4 is 29.3 Å². The van der Waals surface area contributed by atoms with Gasteiger partial charge < -0.3 is 9.88 Å². The van der Waals surface area contributed by atoms with Crippen molar-refractivity contribution in [3.8, 4) is 11.4 Å². The van der Waals surface area contributed by atoms with Gasteiger partial charge in [-0.05, 0) is 32.9 Å². The van der Waals surface area contributed by atoms with Gasteiger partial charge in [-0.2, -0.15) is 0 Å². The topological polar surface area (TPSA) is 59.8 Å². The van der Waals surface area contributed by atoms with Crippen LogP contribution < -0.4 is 5.32 Å². The van der Waals surface area contributed by atoms with Gasteiger partial charge in [-0.1, -0.05) is 35.5 Å². The van der Waals surface area contributed by atoms with Crippen LogP contribution in [0.25, 0.3) is 11.4 Å². The van der Waals surface area contributed by atoms with Crippen LogP contribution in [0.1, 0.15) is 20.8 Å². The van der Waals surface area contributed by atoms with Gasteiger partial charge in [0.15, 0.2) is 11.0 Å². The van der Waals surface area contributed by atoms with Crippen molar-refractivity contribution in [2.45, 2.75) is 38.5 Å². The van der Waals surface area contributed by atoms with Crippen LogP contribution in [0.3, 0.4) is 0 Å². The van der Waals surface area contributed by atoms with Crippen LogP contribution in [0.4, 0.5) is 0 Å². The molecule has 1 N–H and O–H groups in total. The van der Waals surface area contributed by atoms with Crippen LogP contribution >= 0.6 is 23.4 Å². The van der Waals surface area contributed by atoms with E-state index in [2.05, 4.69) is 15.5 Å². The highest BCUT2D eigenvalue weighted by atomic mass is 35.5. The molecule has 22 heavy (non-hydrogen) atoms. The third-order valence-electron chi connectivity index (χ3n) is 2.90. The normalized spacial score (nSPS) is 11.0. The van der Waals surface area contributed by atoms with E-state index in [4.69, 9.17) is 11.6 Å². The second kappa shape index (κ2) is 7.65. The molecule has 0 spiro atoms. The maximum Gasteiger partial charge on any atom is 0.230 e. The molecule has 2 aromatic rings. The number of amides is 1. The van der Waals surface area contributed by atoms with E-state index >= 15 is 0 Å². The van der Waals surface area contributed by atoms with Crippen LogP contribution in [0, 0.1) is 0 Å². The lowest BCUT2D eigenvalue weighted by Gasteiger charge is -2.09. The molecule has 1 aromatic carbocycles. The number of benzene rings is 1. The SMILES string of the molecule is CCn1c(SCC(=O)NC(C)C)nnc1-c1cccc(Cl)c1. The monoisotopic (exact) mass is 338 g/mol. The molecule has 0 aliphatic rings. The highest BCUT2D eigenvalue weighted by Gasteiger charge is 2.15. The zero-order chi connectivity index (χ0) is 16.1. The summed E-state index contributed by atoms with van der Waals surface area (Å²) in [4.78, 5) is 11.7. The van der Waals surface area contributed by atoms with Gasteiger partial charge in [-0.15, -0.1) is 10.2 Å². The van der Waals surface area contributed by atoms with Crippen molar-refractivity contribution in [3.05, 3.63) is 29.3 Å². The summed E-state index contributed by atoms with van der Waals surface area (Å²) >= 11 is 7.42. The number of halogens is 1. The first-order valence-corrected chi connectivity index (χ1v) is 8.49. The van der Waals surface area contributed by atoms with Crippen molar-refractivity contribution in [2.75, 3.05) is 5.75 Å². The molecule has 0 fully saturated rings.